The third-order valence-corrected chi connectivity index (χ3v) is 3.96. The quantitative estimate of drug-likeness (QED) is 0.669. The number of nitrogens with zero attached hydrogens (tertiary/aromatic N) is 2. The van der Waals surface area contributed by atoms with Gasteiger partial charge in [-0.3, -0.25) is 10.1 Å². The predicted octanol–water partition coefficient (Wildman–Crippen LogP) is 4.02. The maximum absolute atomic E-state index is 11.0. The number of nitro groups is 1. The van der Waals surface area contributed by atoms with E-state index in [2.05, 4.69) is 17.2 Å². The Labute approximate surface area is 117 Å². The minimum atomic E-state index is -0.450. The predicted molar refractivity (Wildman–Crippen MR) is 75.6 cm³/mol. The lowest BCUT2D eigenvalue weighted by Crippen LogP contribution is -2.28. The number of hydrogen-bond acceptors (Lipinski definition) is 4. The zero-order valence-corrected chi connectivity index (χ0v) is 11.7. The number of pyridine rings is 1. The van der Waals surface area contributed by atoms with Crippen molar-refractivity contribution in [2.45, 2.75) is 45.1 Å². The van der Waals surface area contributed by atoms with Crippen LogP contribution in [0.2, 0.25) is 5.02 Å². The van der Waals surface area contributed by atoms with Crippen LogP contribution in [0.1, 0.15) is 39.0 Å². The number of rotatable bonds is 4. The highest BCUT2D eigenvalue weighted by atomic mass is 35.5. The minimum absolute atomic E-state index is 0.0600. The molecule has 0 amide bonds. The van der Waals surface area contributed by atoms with Gasteiger partial charge in [0.25, 0.3) is 0 Å². The summed E-state index contributed by atoms with van der Waals surface area (Å²) < 4.78 is 0. The van der Waals surface area contributed by atoms with E-state index < -0.39 is 4.92 Å². The summed E-state index contributed by atoms with van der Waals surface area (Å²) in [6, 6.07) is 1.53. The first-order chi connectivity index (χ1) is 9.08. The minimum Gasteiger partial charge on any atom is -0.362 e. The number of aromatic nitrogens is 1. The molecule has 1 aromatic heterocycles. The molecule has 1 unspecified atom stereocenters. The van der Waals surface area contributed by atoms with Gasteiger partial charge in [-0.05, 0) is 25.7 Å². The summed E-state index contributed by atoms with van der Waals surface area (Å²) in [6.07, 6.45) is 7.57. The summed E-state index contributed by atoms with van der Waals surface area (Å²) in [5.74, 6) is 0.873. The van der Waals surface area contributed by atoms with Crippen molar-refractivity contribution in [3.8, 4) is 0 Å². The number of anilines is 1. The molecule has 1 fully saturated rings. The zero-order valence-electron chi connectivity index (χ0n) is 10.9. The van der Waals surface area contributed by atoms with E-state index >= 15 is 0 Å². The summed E-state index contributed by atoms with van der Waals surface area (Å²) in [4.78, 5) is 14.6. The number of hydrogen-bond donors (Lipinski definition) is 1. The van der Waals surface area contributed by atoms with Crippen LogP contribution in [-0.4, -0.2) is 15.9 Å². The van der Waals surface area contributed by atoms with E-state index in [1.807, 2.05) is 0 Å². The maximum atomic E-state index is 11.0. The van der Waals surface area contributed by atoms with Gasteiger partial charge >= 0.3 is 5.69 Å². The average molecular weight is 284 g/mol. The molecule has 104 valence electrons. The van der Waals surface area contributed by atoms with Crippen LogP contribution in [0.25, 0.3) is 0 Å². The third-order valence-electron chi connectivity index (χ3n) is 3.75. The molecule has 2 rings (SSSR count). The van der Waals surface area contributed by atoms with Crippen molar-refractivity contribution in [1.29, 1.82) is 0 Å². The van der Waals surface area contributed by atoms with Crippen molar-refractivity contribution >= 4 is 23.1 Å². The molecule has 1 aromatic rings. The lowest BCUT2D eigenvalue weighted by atomic mass is 9.84. The zero-order chi connectivity index (χ0) is 13.8. The molecule has 1 heterocycles. The van der Waals surface area contributed by atoms with Crippen LogP contribution in [0.15, 0.2) is 12.3 Å². The molecule has 0 aliphatic heterocycles. The first-order valence-electron chi connectivity index (χ1n) is 6.64. The number of halogens is 1. The van der Waals surface area contributed by atoms with Crippen LogP contribution in [0.3, 0.4) is 0 Å². The molecule has 19 heavy (non-hydrogen) atoms. The molecule has 0 spiro atoms. The van der Waals surface area contributed by atoms with Crippen molar-refractivity contribution in [2.24, 2.45) is 5.92 Å². The second-order valence-corrected chi connectivity index (χ2v) is 5.55. The van der Waals surface area contributed by atoms with E-state index in [0.717, 1.165) is 0 Å². The first kappa shape index (κ1) is 14.1. The van der Waals surface area contributed by atoms with Crippen molar-refractivity contribution in [1.82, 2.24) is 4.98 Å². The highest BCUT2D eigenvalue weighted by molar-refractivity contribution is 6.30. The van der Waals surface area contributed by atoms with Crippen LogP contribution < -0.4 is 5.32 Å². The van der Waals surface area contributed by atoms with Crippen LogP contribution in [-0.2, 0) is 0 Å². The molecule has 0 saturated heterocycles. The lowest BCUT2D eigenvalue weighted by Gasteiger charge is -2.28. The Morgan fingerprint density at radius 3 is 2.79 bits per heavy atom. The standard InChI is InChI=1S/C13H18ClN3O2/c1-9(10-5-3-2-4-6-10)16-13-12(17(18)19)7-11(14)8-15-13/h7-10H,2-6H2,1H3,(H,15,16). The molecule has 0 bridgehead atoms. The third kappa shape index (κ3) is 3.56. The molecular weight excluding hydrogens is 266 g/mol. The fraction of sp³-hybridized carbons (Fsp3) is 0.615. The summed E-state index contributed by atoms with van der Waals surface area (Å²) in [5.41, 5.74) is -0.0600. The van der Waals surface area contributed by atoms with Crippen molar-refractivity contribution in [3.05, 3.63) is 27.4 Å². The largest absolute Gasteiger partial charge is 0.362 e. The summed E-state index contributed by atoms with van der Waals surface area (Å²) in [6.45, 7) is 2.07. The van der Waals surface area contributed by atoms with E-state index in [4.69, 9.17) is 11.6 Å². The van der Waals surface area contributed by atoms with E-state index in [1.165, 1.54) is 44.4 Å². The van der Waals surface area contributed by atoms with Gasteiger partial charge in [-0.2, -0.15) is 0 Å². The number of nitrogens with one attached hydrogen (secondary N) is 1. The van der Waals surface area contributed by atoms with Crippen molar-refractivity contribution in [2.75, 3.05) is 5.32 Å². The monoisotopic (exact) mass is 283 g/mol. The average Bonchev–Trinajstić information content (AvgIpc) is 2.41. The molecule has 1 atom stereocenters. The molecule has 1 saturated carbocycles. The van der Waals surface area contributed by atoms with Gasteiger partial charge < -0.3 is 5.32 Å². The van der Waals surface area contributed by atoms with Crippen LogP contribution in [0.4, 0.5) is 11.5 Å². The molecule has 0 radical (unpaired) electrons. The summed E-state index contributed by atoms with van der Waals surface area (Å²) in [7, 11) is 0. The molecular formula is C13H18ClN3O2. The van der Waals surface area contributed by atoms with Crippen molar-refractivity contribution in [3.63, 3.8) is 0 Å². The SMILES string of the molecule is CC(Nc1ncc(Cl)cc1[N+](=O)[O-])C1CCCCC1. The van der Waals surface area contributed by atoms with E-state index in [-0.39, 0.29) is 16.8 Å². The Morgan fingerprint density at radius 2 is 2.16 bits per heavy atom. The van der Waals surface area contributed by atoms with Crippen LogP contribution in [0, 0.1) is 16.0 Å². The van der Waals surface area contributed by atoms with Crippen LogP contribution >= 0.6 is 11.6 Å². The van der Waals surface area contributed by atoms with Gasteiger partial charge in [0.15, 0.2) is 0 Å². The van der Waals surface area contributed by atoms with Crippen LogP contribution in [0.5, 0.6) is 0 Å². The molecule has 1 aliphatic carbocycles. The Bertz CT molecular complexity index is 461. The second kappa shape index (κ2) is 6.19. The smallest absolute Gasteiger partial charge is 0.312 e. The fourth-order valence-electron chi connectivity index (χ4n) is 2.65. The van der Waals surface area contributed by atoms with Gasteiger partial charge in [0.2, 0.25) is 5.82 Å². The molecule has 6 heteroatoms. The van der Waals surface area contributed by atoms with E-state index in [1.54, 1.807) is 0 Å². The lowest BCUT2D eigenvalue weighted by molar-refractivity contribution is -0.384. The van der Waals surface area contributed by atoms with Gasteiger partial charge in [-0.1, -0.05) is 30.9 Å². The van der Waals surface area contributed by atoms with Gasteiger partial charge in [-0.25, -0.2) is 4.98 Å². The second-order valence-electron chi connectivity index (χ2n) is 5.11. The van der Waals surface area contributed by atoms with Crippen molar-refractivity contribution < 1.29 is 4.92 Å². The summed E-state index contributed by atoms with van der Waals surface area (Å²) >= 11 is 5.75. The summed E-state index contributed by atoms with van der Waals surface area (Å²) in [5, 5.41) is 14.5. The van der Waals surface area contributed by atoms with Gasteiger partial charge in [-0.15, -0.1) is 0 Å². The van der Waals surface area contributed by atoms with Gasteiger partial charge in [0.1, 0.15) is 0 Å². The van der Waals surface area contributed by atoms with E-state index in [9.17, 15) is 10.1 Å². The molecule has 1 N–H and O–H groups in total. The van der Waals surface area contributed by atoms with Gasteiger partial charge in [0, 0.05) is 18.3 Å². The Balaban J connectivity index is 2.11. The Hall–Kier alpha value is -1.36. The van der Waals surface area contributed by atoms with E-state index in [0.29, 0.717) is 11.7 Å². The molecule has 0 aromatic carbocycles. The normalized spacial score (nSPS) is 18.0. The topological polar surface area (TPSA) is 68.1 Å². The fourth-order valence-corrected chi connectivity index (χ4v) is 2.80. The molecule has 1 aliphatic rings. The highest BCUT2D eigenvalue weighted by Crippen LogP contribution is 2.30. The first-order valence-corrected chi connectivity index (χ1v) is 7.02. The maximum Gasteiger partial charge on any atom is 0.312 e. The molecule has 5 nitrogen and oxygen atoms in total. The Kier molecular flexibility index (Phi) is 4.58. The Morgan fingerprint density at radius 1 is 1.47 bits per heavy atom. The van der Waals surface area contributed by atoms with Gasteiger partial charge in [0.05, 0.1) is 9.95 Å². The highest BCUT2D eigenvalue weighted by Gasteiger charge is 2.23.